The molecule has 2 rings (SSSR count). The number of rotatable bonds is 2. The molecule has 0 saturated carbocycles. The van der Waals surface area contributed by atoms with Gasteiger partial charge < -0.3 is 4.98 Å². The van der Waals surface area contributed by atoms with E-state index in [9.17, 15) is 4.79 Å². The maximum Gasteiger partial charge on any atom is 0.264 e. The fourth-order valence-corrected chi connectivity index (χ4v) is 2.94. The maximum absolute atomic E-state index is 12.0. The second kappa shape index (κ2) is 5.45. The van der Waals surface area contributed by atoms with E-state index in [-0.39, 0.29) is 11.5 Å². The number of hydrogen-bond acceptors (Lipinski definition) is 2. The third-order valence-corrected chi connectivity index (χ3v) is 4.11. The predicted molar refractivity (Wildman–Crippen MR) is 86.6 cm³/mol. The Hall–Kier alpha value is -1.17. The van der Waals surface area contributed by atoms with Crippen molar-refractivity contribution in [3.05, 3.63) is 48.9 Å². The van der Waals surface area contributed by atoms with E-state index in [1.807, 2.05) is 19.1 Å². The first-order chi connectivity index (χ1) is 8.90. The van der Waals surface area contributed by atoms with Crippen LogP contribution in [0, 0.1) is 17.4 Å². The highest BCUT2D eigenvalue weighted by Gasteiger charge is 2.14. The topological polar surface area (TPSA) is 45.8 Å². The molecule has 1 aromatic carbocycles. The summed E-state index contributed by atoms with van der Waals surface area (Å²) >= 11 is 2.06. The quantitative estimate of drug-likeness (QED) is 0.820. The van der Waals surface area contributed by atoms with E-state index in [1.165, 1.54) is 5.56 Å². The van der Waals surface area contributed by atoms with Gasteiger partial charge in [0, 0.05) is 5.56 Å². The van der Waals surface area contributed by atoms with Gasteiger partial charge in [0.2, 0.25) is 0 Å². The average Bonchev–Trinajstić information content (AvgIpc) is 2.32. The summed E-state index contributed by atoms with van der Waals surface area (Å²) in [5.41, 5.74) is 4.12. The highest BCUT2D eigenvalue weighted by Crippen LogP contribution is 2.23. The van der Waals surface area contributed by atoms with E-state index in [2.05, 4.69) is 59.4 Å². The first kappa shape index (κ1) is 14.2. The number of aryl methyl sites for hydroxylation is 2. The third-order valence-electron chi connectivity index (χ3n) is 3.07. The zero-order valence-electron chi connectivity index (χ0n) is 11.5. The lowest BCUT2D eigenvalue weighted by atomic mass is 10.0. The Morgan fingerprint density at radius 3 is 2.53 bits per heavy atom. The van der Waals surface area contributed by atoms with Crippen molar-refractivity contribution in [2.45, 2.75) is 33.6 Å². The molecule has 1 heterocycles. The van der Waals surface area contributed by atoms with Crippen molar-refractivity contribution in [1.82, 2.24) is 9.97 Å². The van der Waals surface area contributed by atoms with Crippen LogP contribution in [0.1, 0.15) is 36.6 Å². The summed E-state index contributed by atoms with van der Waals surface area (Å²) in [4.78, 5) is 19.5. The number of hydrogen-bond donors (Lipinski definition) is 1. The Morgan fingerprint density at radius 1 is 1.26 bits per heavy atom. The van der Waals surface area contributed by atoms with Crippen LogP contribution in [-0.2, 0) is 0 Å². The molecule has 19 heavy (non-hydrogen) atoms. The molecule has 0 spiro atoms. The fourth-order valence-electron chi connectivity index (χ4n) is 2.07. The molecule has 0 unspecified atom stereocenters. The molecule has 0 aliphatic heterocycles. The van der Waals surface area contributed by atoms with Crippen LogP contribution in [0.5, 0.6) is 0 Å². The van der Waals surface area contributed by atoms with E-state index >= 15 is 0 Å². The van der Waals surface area contributed by atoms with Crippen LogP contribution in [0.3, 0.4) is 0 Å². The van der Waals surface area contributed by atoms with Gasteiger partial charge in [0.05, 0.1) is 9.26 Å². The van der Waals surface area contributed by atoms with E-state index in [0.29, 0.717) is 9.39 Å². The highest BCUT2D eigenvalue weighted by atomic mass is 127. The first-order valence-corrected chi connectivity index (χ1v) is 7.35. The molecule has 4 heteroatoms. The van der Waals surface area contributed by atoms with Crippen molar-refractivity contribution in [3.8, 4) is 11.4 Å². The minimum absolute atomic E-state index is 0.0609. The number of benzene rings is 1. The van der Waals surface area contributed by atoms with Gasteiger partial charge in [-0.1, -0.05) is 37.6 Å². The molecule has 0 aliphatic rings. The molecule has 1 aromatic heterocycles. The van der Waals surface area contributed by atoms with Gasteiger partial charge in [-0.3, -0.25) is 4.79 Å². The Labute approximate surface area is 126 Å². The van der Waals surface area contributed by atoms with Crippen molar-refractivity contribution in [2.24, 2.45) is 0 Å². The molecule has 0 atom stereocenters. The second-order valence-corrected chi connectivity index (χ2v) is 6.17. The van der Waals surface area contributed by atoms with Crippen LogP contribution in [0.15, 0.2) is 23.0 Å². The van der Waals surface area contributed by atoms with Crippen molar-refractivity contribution in [1.29, 1.82) is 0 Å². The summed E-state index contributed by atoms with van der Waals surface area (Å²) in [6.45, 7) is 8.20. The Balaban J connectivity index is 2.66. The molecule has 0 amide bonds. The highest BCUT2D eigenvalue weighted by molar-refractivity contribution is 14.1. The van der Waals surface area contributed by atoms with E-state index in [4.69, 9.17) is 0 Å². The molecule has 0 radical (unpaired) electrons. The number of nitrogens with zero attached hydrogens (tertiary/aromatic N) is 1. The smallest absolute Gasteiger partial charge is 0.264 e. The molecule has 0 fully saturated rings. The van der Waals surface area contributed by atoms with E-state index in [0.717, 1.165) is 16.8 Å². The van der Waals surface area contributed by atoms with Crippen molar-refractivity contribution in [3.63, 3.8) is 0 Å². The summed E-state index contributed by atoms with van der Waals surface area (Å²) < 4.78 is 0.682. The fraction of sp³-hybridized carbons (Fsp3) is 0.333. The zero-order valence-corrected chi connectivity index (χ0v) is 13.7. The summed E-state index contributed by atoms with van der Waals surface area (Å²) in [5.74, 6) is 0.894. The van der Waals surface area contributed by atoms with Crippen LogP contribution < -0.4 is 5.56 Å². The van der Waals surface area contributed by atoms with Gasteiger partial charge in [-0.2, -0.15) is 0 Å². The number of halogens is 1. The maximum atomic E-state index is 12.0. The van der Waals surface area contributed by atoms with Crippen molar-refractivity contribution in [2.75, 3.05) is 0 Å². The monoisotopic (exact) mass is 368 g/mol. The first-order valence-electron chi connectivity index (χ1n) is 6.27. The number of nitrogens with one attached hydrogen (secondary N) is 1. The summed E-state index contributed by atoms with van der Waals surface area (Å²) in [5, 5.41) is 0. The Bertz CT molecular complexity index is 674. The molecular formula is C15H17IN2O. The molecule has 0 saturated heterocycles. The molecule has 0 bridgehead atoms. The van der Waals surface area contributed by atoms with Crippen LogP contribution in [0.4, 0.5) is 0 Å². The molecular weight excluding hydrogens is 351 g/mol. The normalized spacial score (nSPS) is 11.1. The standard InChI is InChI=1S/C15H17IN2O/c1-8(2)13-12(16)15(19)18-14(17-13)11-6-5-9(3)7-10(11)4/h5-8H,1-4H3,(H,17,18,19). The van der Waals surface area contributed by atoms with Gasteiger partial charge in [0.15, 0.2) is 0 Å². The zero-order chi connectivity index (χ0) is 14.2. The minimum atomic E-state index is -0.0609. The average molecular weight is 368 g/mol. The SMILES string of the molecule is Cc1ccc(-c2nc(C(C)C)c(I)c(=O)[nH]2)c(C)c1. The Morgan fingerprint density at radius 2 is 1.95 bits per heavy atom. The number of aromatic nitrogens is 2. The van der Waals surface area contributed by atoms with Gasteiger partial charge in [0.25, 0.3) is 5.56 Å². The van der Waals surface area contributed by atoms with E-state index in [1.54, 1.807) is 0 Å². The third kappa shape index (κ3) is 2.88. The van der Waals surface area contributed by atoms with Crippen molar-refractivity contribution >= 4 is 22.6 Å². The van der Waals surface area contributed by atoms with Crippen LogP contribution >= 0.6 is 22.6 Å². The molecule has 3 nitrogen and oxygen atoms in total. The summed E-state index contributed by atoms with van der Waals surface area (Å²) in [6.07, 6.45) is 0. The van der Waals surface area contributed by atoms with Gasteiger partial charge >= 0.3 is 0 Å². The van der Waals surface area contributed by atoms with Gasteiger partial charge in [0.1, 0.15) is 5.82 Å². The number of H-pyrrole nitrogens is 1. The minimum Gasteiger partial charge on any atom is -0.306 e. The van der Waals surface area contributed by atoms with Gasteiger partial charge in [-0.25, -0.2) is 4.98 Å². The van der Waals surface area contributed by atoms with E-state index < -0.39 is 0 Å². The van der Waals surface area contributed by atoms with Crippen LogP contribution in [0.25, 0.3) is 11.4 Å². The summed E-state index contributed by atoms with van der Waals surface area (Å²) in [6, 6.07) is 6.15. The van der Waals surface area contributed by atoms with Gasteiger partial charge in [-0.15, -0.1) is 0 Å². The lowest BCUT2D eigenvalue weighted by Gasteiger charge is -2.11. The largest absolute Gasteiger partial charge is 0.306 e. The lowest BCUT2D eigenvalue weighted by molar-refractivity contribution is 0.802. The molecule has 100 valence electrons. The second-order valence-electron chi connectivity index (χ2n) is 5.09. The van der Waals surface area contributed by atoms with Crippen LogP contribution in [-0.4, -0.2) is 9.97 Å². The molecule has 1 N–H and O–H groups in total. The van der Waals surface area contributed by atoms with Crippen molar-refractivity contribution < 1.29 is 0 Å². The predicted octanol–water partition coefficient (Wildman–Crippen LogP) is 3.78. The molecule has 2 aromatic rings. The number of aromatic amines is 1. The Kier molecular flexibility index (Phi) is 4.08. The lowest BCUT2D eigenvalue weighted by Crippen LogP contribution is -2.17. The van der Waals surface area contributed by atoms with Gasteiger partial charge in [-0.05, 0) is 47.9 Å². The molecule has 0 aliphatic carbocycles. The van der Waals surface area contributed by atoms with Crippen LogP contribution in [0.2, 0.25) is 0 Å². The summed E-state index contributed by atoms with van der Waals surface area (Å²) in [7, 11) is 0.